The Hall–Kier alpha value is -1.59. The first-order chi connectivity index (χ1) is 8.60. The zero-order valence-electron chi connectivity index (χ0n) is 10.8. The van der Waals surface area contributed by atoms with Crippen LogP contribution in [0.1, 0.15) is 25.0 Å². The lowest BCUT2D eigenvalue weighted by atomic mass is 10.0. The summed E-state index contributed by atoms with van der Waals surface area (Å²) in [4.78, 5) is 0. The topological polar surface area (TPSA) is 90.9 Å². The second-order valence-corrected chi connectivity index (χ2v) is 4.47. The van der Waals surface area contributed by atoms with Crippen molar-refractivity contribution in [2.24, 2.45) is 16.8 Å². The Morgan fingerprint density at radius 2 is 2.06 bits per heavy atom. The maximum absolute atomic E-state index is 9.07. The Bertz CT molecular complexity index is 407. The van der Waals surface area contributed by atoms with Gasteiger partial charge in [-0.3, -0.25) is 0 Å². The number of rotatable bonds is 6. The third kappa shape index (κ3) is 3.72. The minimum absolute atomic E-state index is 0.107. The van der Waals surface area contributed by atoms with E-state index in [4.69, 9.17) is 16.0 Å². The molecule has 0 fully saturated rings. The highest BCUT2D eigenvalue weighted by atomic mass is 16.4. The van der Waals surface area contributed by atoms with E-state index in [-0.39, 0.29) is 24.4 Å². The van der Waals surface area contributed by atoms with Crippen molar-refractivity contribution < 1.29 is 10.3 Å². The minimum atomic E-state index is 0.107. The van der Waals surface area contributed by atoms with Crippen LogP contribution in [0.15, 0.2) is 29.4 Å². The summed E-state index contributed by atoms with van der Waals surface area (Å²) in [7, 11) is 0. The normalized spacial score (nSPS) is 15.4. The predicted molar refractivity (Wildman–Crippen MR) is 71.5 cm³/mol. The average Bonchev–Trinajstić information content (AvgIpc) is 2.43. The zero-order valence-corrected chi connectivity index (χ0v) is 10.8. The molecule has 5 nitrogen and oxygen atoms in total. The number of nitrogens with two attached hydrogens (primary N) is 1. The molecule has 2 atom stereocenters. The summed E-state index contributed by atoms with van der Waals surface area (Å²) < 4.78 is 0. The molecule has 0 aliphatic carbocycles. The number of oxime groups is 1. The highest BCUT2D eigenvalue weighted by Gasteiger charge is 2.12. The fourth-order valence-electron chi connectivity index (χ4n) is 1.61. The lowest BCUT2D eigenvalue weighted by Gasteiger charge is -2.20. The molecule has 0 radical (unpaired) electrons. The SMILES string of the molecule is CC(CO)C(C)NCc1ccccc1/C(N)=N/O. The first-order valence-electron chi connectivity index (χ1n) is 6.00. The van der Waals surface area contributed by atoms with Crippen molar-refractivity contribution in [1.29, 1.82) is 0 Å². The van der Waals surface area contributed by atoms with E-state index in [1.165, 1.54) is 0 Å². The molecule has 0 saturated heterocycles. The smallest absolute Gasteiger partial charge is 0.170 e. The highest BCUT2D eigenvalue weighted by molar-refractivity contribution is 5.98. The van der Waals surface area contributed by atoms with Gasteiger partial charge in [0.15, 0.2) is 5.84 Å². The molecule has 1 rings (SSSR count). The Kier molecular flexibility index (Phi) is 5.61. The van der Waals surface area contributed by atoms with Crippen LogP contribution in [-0.4, -0.2) is 28.8 Å². The number of hydrogen-bond donors (Lipinski definition) is 4. The molecule has 2 unspecified atom stereocenters. The van der Waals surface area contributed by atoms with E-state index >= 15 is 0 Å². The fourth-order valence-corrected chi connectivity index (χ4v) is 1.61. The van der Waals surface area contributed by atoms with Crippen molar-refractivity contribution in [3.8, 4) is 0 Å². The molecule has 0 spiro atoms. The number of aliphatic hydroxyl groups excluding tert-OH is 1. The van der Waals surface area contributed by atoms with E-state index in [0.717, 1.165) is 11.1 Å². The molecule has 1 aromatic rings. The molecule has 0 bridgehead atoms. The van der Waals surface area contributed by atoms with Gasteiger partial charge >= 0.3 is 0 Å². The molecular formula is C13H21N3O2. The van der Waals surface area contributed by atoms with Crippen LogP contribution >= 0.6 is 0 Å². The van der Waals surface area contributed by atoms with Gasteiger partial charge in [0.1, 0.15) is 0 Å². The van der Waals surface area contributed by atoms with Crippen LogP contribution in [0.4, 0.5) is 0 Å². The third-order valence-corrected chi connectivity index (χ3v) is 3.16. The minimum Gasteiger partial charge on any atom is -0.409 e. The summed E-state index contributed by atoms with van der Waals surface area (Å²) >= 11 is 0. The number of aliphatic hydroxyl groups is 1. The second-order valence-electron chi connectivity index (χ2n) is 4.47. The number of amidine groups is 1. The monoisotopic (exact) mass is 251 g/mol. The van der Waals surface area contributed by atoms with Crippen LogP contribution in [0, 0.1) is 5.92 Å². The molecule has 0 aliphatic rings. The average molecular weight is 251 g/mol. The van der Waals surface area contributed by atoms with Gasteiger partial charge in [0, 0.05) is 24.8 Å². The molecule has 1 aromatic carbocycles. The molecule has 5 heteroatoms. The van der Waals surface area contributed by atoms with Crippen molar-refractivity contribution in [3.05, 3.63) is 35.4 Å². The van der Waals surface area contributed by atoms with Gasteiger partial charge in [-0.25, -0.2) is 0 Å². The Morgan fingerprint density at radius 3 is 2.67 bits per heavy atom. The van der Waals surface area contributed by atoms with E-state index < -0.39 is 0 Å². The van der Waals surface area contributed by atoms with Crippen LogP contribution in [0.2, 0.25) is 0 Å². The first kappa shape index (κ1) is 14.5. The third-order valence-electron chi connectivity index (χ3n) is 3.16. The van der Waals surface area contributed by atoms with Gasteiger partial charge in [0.25, 0.3) is 0 Å². The number of hydrogen-bond acceptors (Lipinski definition) is 4. The quantitative estimate of drug-likeness (QED) is 0.261. The van der Waals surface area contributed by atoms with Crippen LogP contribution in [-0.2, 0) is 6.54 Å². The molecule has 18 heavy (non-hydrogen) atoms. The standard InChI is InChI=1S/C13H21N3O2/c1-9(8-17)10(2)15-7-11-5-3-4-6-12(11)13(14)16-18/h3-6,9-10,15,17-18H,7-8H2,1-2H3,(H2,14,16). The fraction of sp³-hybridized carbons (Fsp3) is 0.462. The highest BCUT2D eigenvalue weighted by Crippen LogP contribution is 2.10. The van der Waals surface area contributed by atoms with E-state index in [1.807, 2.05) is 38.1 Å². The van der Waals surface area contributed by atoms with Crippen LogP contribution in [0.5, 0.6) is 0 Å². The largest absolute Gasteiger partial charge is 0.409 e. The zero-order chi connectivity index (χ0) is 13.5. The van der Waals surface area contributed by atoms with E-state index in [2.05, 4.69) is 10.5 Å². The Labute approximate surface area is 107 Å². The maximum atomic E-state index is 9.07. The van der Waals surface area contributed by atoms with Gasteiger partial charge in [0.05, 0.1) is 0 Å². The molecular weight excluding hydrogens is 230 g/mol. The summed E-state index contributed by atoms with van der Waals surface area (Å²) in [5, 5.41) is 24.1. The van der Waals surface area contributed by atoms with Gasteiger partial charge in [0.2, 0.25) is 0 Å². The van der Waals surface area contributed by atoms with Gasteiger partial charge < -0.3 is 21.4 Å². The van der Waals surface area contributed by atoms with E-state index in [9.17, 15) is 0 Å². The van der Waals surface area contributed by atoms with Gasteiger partial charge in [-0.05, 0) is 18.4 Å². The van der Waals surface area contributed by atoms with Crippen LogP contribution < -0.4 is 11.1 Å². The van der Waals surface area contributed by atoms with Crippen molar-refractivity contribution in [3.63, 3.8) is 0 Å². The van der Waals surface area contributed by atoms with Gasteiger partial charge in [-0.2, -0.15) is 0 Å². The lowest BCUT2D eigenvalue weighted by Crippen LogP contribution is -2.34. The number of benzene rings is 1. The summed E-state index contributed by atoms with van der Waals surface area (Å²) in [6.45, 7) is 4.76. The summed E-state index contributed by atoms with van der Waals surface area (Å²) in [6, 6.07) is 7.68. The van der Waals surface area contributed by atoms with Crippen molar-refractivity contribution in [2.75, 3.05) is 6.61 Å². The maximum Gasteiger partial charge on any atom is 0.170 e. The molecule has 0 saturated carbocycles. The first-order valence-corrected chi connectivity index (χ1v) is 6.00. The van der Waals surface area contributed by atoms with Crippen molar-refractivity contribution in [1.82, 2.24) is 5.32 Å². The molecule has 0 heterocycles. The molecule has 0 amide bonds. The predicted octanol–water partition coefficient (Wildman–Crippen LogP) is 0.888. The van der Waals surface area contributed by atoms with Gasteiger partial charge in [-0.15, -0.1) is 0 Å². The molecule has 100 valence electrons. The van der Waals surface area contributed by atoms with Gasteiger partial charge in [-0.1, -0.05) is 36.3 Å². The van der Waals surface area contributed by atoms with Crippen LogP contribution in [0.3, 0.4) is 0 Å². The lowest BCUT2D eigenvalue weighted by molar-refractivity contribution is 0.207. The Morgan fingerprint density at radius 1 is 1.39 bits per heavy atom. The number of nitrogens with zero attached hydrogens (tertiary/aromatic N) is 1. The summed E-state index contributed by atoms with van der Waals surface area (Å²) in [5.41, 5.74) is 7.30. The summed E-state index contributed by atoms with van der Waals surface area (Å²) in [6.07, 6.45) is 0. The van der Waals surface area contributed by atoms with Crippen molar-refractivity contribution >= 4 is 5.84 Å². The summed E-state index contributed by atoms with van der Waals surface area (Å²) in [5.74, 6) is 0.288. The van der Waals surface area contributed by atoms with E-state index in [0.29, 0.717) is 6.54 Å². The second kappa shape index (κ2) is 6.98. The molecule has 0 aliphatic heterocycles. The Balaban J connectivity index is 2.73. The van der Waals surface area contributed by atoms with Crippen LogP contribution in [0.25, 0.3) is 0 Å². The molecule has 5 N–H and O–H groups in total. The number of nitrogens with one attached hydrogen (secondary N) is 1. The molecule has 0 aromatic heterocycles. The van der Waals surface area contributed by atoms with Crippen molar-refractivity contribution in [2.45, 2.75) is 26.4 Å². The van der Waals surface area contributed by atoms with E-state index in [1.54, 1.807) is 0 Å².